The third-order valence-corrected chi connectivity index (χ3v) is 4.18. The summed E-state index contributed by atoms with van der Waals surface area (Å²) < 4.78 is 15.4. The molecular weight excluding hydrogens is 296 g/mol. The topological polar surface area (TPSA) is 65.7 Å². The number of hydrogen-bond donors (Lipinski definition) is 0. The van der Waals surface area contributed by atoms with Crippen LogP contribution in [0.4, 0.5) is 0 Å². The maximum Gasteiger partial charge on any atom is 0.328 e. The van der Waals surface area contributed by atoms with Crippen molar-refractivity contribution in [3.05, 3.63) is 65.6 Å². The summed E-state index contributed by atoms with van der Waals surface area (Å²) in [7, 11) is 2.51. The second-order valence-electron chi connectivity index (χ2n) is 5.23. The fourth-order valence-corrected chi connectivity index (χ4v) is 3.17. The first kappa shape index (κ1) is 15.1. The lowest BCUT2D eigenvalue weighted by atomic mass is 9.65. The highest BCUT2D eigenvalue weighted by Crippen LogP contribution is 2.47. The number of fused-ring (bicyclic) bond motifs is 1. The standard InChI is InChI=1S/C18H16O5/c1-21-16(19)18(17(20)22-2)13-7-4-3-6-12(13)9-10-14(18)15-8-5-11-23-15/h3-11,14H,1-2H3. The SMILES string of the molecule is COC(=O)C1(C(=O)OC)c2ccccc2C=CC1c1ccco1. The Labute approximate surface area is 133 Å². The maximum atomic E-state index is 12.8. The maximum absolute atomic E-state index is 12.8. The summed E-state index contributed by atoms with van der Waals surface area (Å²) in [6.07, 6.45) is 5.14. The average molecular weight is 312 g/mol. The van der Waals surface area contributed by atoms with Crippen molar-refractivity contribution in [3.63, 3.8) is 0 Å². The first-order chi connectivity index (χ1) is 11.2. The van der Waals surface area contributed by atoms with Crippen molar-refractivity contribution in [1.82, 2.24) is 0 Å². The number of carbonyl (C=O) groups excluding carboxylic acids is 2. The number of esters is 2. The molecule has 0 bridgehead atoms. The Kier molecular flexibility index (Phi) is 3.78. The van der Waals surface area contributed by atoms with Gasteiger partial charge in [0.05, 0.1) is 26.4 Å². The molecule has 0 amide bonds. The van der Waals surface area contributed by atoms with Crippen molar-refractivity contribution in [1.29, 1.82) is 0 Å². The van der Waals surface area contributed by atoms with Gasteiger partial charge >= 0.3 is 11.9 Å². The van der Waals surface area contributed by atoms with Gasteiger partial charge in [0.25, 0.3) is 0 Å². The van der Waals surface area contributed by atoms with E-state index in [9.17, 15) is 9.59 Å². The van der Waals surface area contributed by atoms with Gasteiger partial charge in [0.2, 0.25) is 5.41 Å². The second kappa shape index (κ2) is 5.76. The highest BCUT2D eigenvalue weighted by Gasteiger charge is 2.58. The minimum atomic E-state index is -1.63. The van der Waals surface area contributed by atoms with Crippen molar-refractivity contribution in [2.45, 2.75) is 11.3 Å². The summed E-state index contributed by atoms with van der Waals surface area (Å²) >= 11 is 0. The molecule has 3 rings (SSSR count). The smallest absolute Gasteiger partial charge is 0.328 e. The average Bonchev–Trinajstić information content (AvgIpc) is 3.13. The molecule has 1 heterocycles. The largest absolute Gasteiger partial charge is 0.469 e. The van der Waals surface area contributed by atoms with Crippen LogP contribution in [-0.2, 0) is 24.5 Å². The van der Waals surface area contributed by atoms with Crippen LogP contribution < -0.4 is 0 Å². The van der Waals surface area contributed by atoms with Gasteiger partial charge in [0.15, 0.2) is 0 Å². The van der Waals surface area contributed by atoms with Gasteiger partial charge < -0.3 is 13.9 Å². The predicted octanol–water partition coefficient (Wildman–Crippen LogP) is 2.67. The van der Waals surface area contributed by atoms with E-state index in [1.807, 2.05) is 18.2 Å². The lowest BCUT2D eigenvalue weighted by Crippen LogP contribution is -2.51. The van der Waals surface area contributed by atoms with E-state index in [0.717, 1.165) is 5.56 Å². The molecule has 5 nitrogen and oxygen atoms in total. The Morgan fingerprint density at radius 3 is 2.35 bits per heavy atom. The molecule has 1 aliphatic rings. The summed E-state index contributed by atoms with van der Waals surface area (Å²) in [6.45, 7) is 0. The zero-order valence-electron chi connectivity index (χ0n) is 12.8. The van der Waals surface area contributed by atoms with E-state index in [2.05, 4.69) is 0 Å². The van der Waals surface area contributed by atoms with E-state index < -0.39 is 23.3 Å². The molecule has 118 valence electrons. The van der Waals surface area contributed by atoms with Crippen LogP contribution >= 0.6 is 0 Å². The molecule has 1 aromatic carbocycles. The van der Waals surface area contributed by atoms with Crippen LogP contribution in [0, 0.1) is 0 Å². The van der Waals surface area contributed by atoms with E-state index in [1.54, 1.807) is 30.3 Å². The highest BCUT2D eigenvalue weighted by molar-refractivity contribution is 6.09. The van der Waals surface area contributed by atoms with Crippen LogP contribution in [0.5, 0.6) is 0 Å². The minimum Gasteiger partial charge on any atom is -0.469 e. The molecule has 0 aliphatic heterocycles. The van der Waals surface area contributed by atoms with Gasteiger partial charge in [0.1, 0.15) is 5.76 Å². The molecule has 1 aliphatic carbocycles. The molecule has 0 saturated heterocycles. The predicted molar refractivity (Wildman–Crippen MR) is 82.6 cm³/mol. The molecule has 1 aromatic heterocycles. The van der Waals surface area contributed by atoms with E-state index in [4.69, 9.17) is 13.9 Å². The monoisotopic (exact) mass is 312 g/mol. The van der Waals surface area contributed by atoms with Crippen molar-refractivity contribution >= 4 is 18.0 Å². The normalized spacial score (nSPS) is 18.1. The molecule has 0 saturated carbocycles. The lowest BCUT2D eigenvalue weighted by Gasteiger charge is -2.36. The Bertz CT molecular complexity index is 741. The summed E-state index contributed by atoms with van der Waals surface area (Å²) in [6, 6.07) is 10.6. The van der Waals surface area contributed by atoms with Gasteiger partial charge in [-0.15, -0.1) is 0 Å². The molecule has 0 radical (unpaired) electrons. The highest BCUT2D eigenvalue weighted by atomic mass is 16.5. The third kappa shape index (κ3) is 2.08. The number of carbonyl (C=O) groups is 2. The quantitative estimate of drug-likeness (QED) is 0.644. The van der Waals surface area contributed by atoms with Gasteiger partial charge in [-0.1, -0.05) is 36.4 Å². The van der Waals surface area contributed by atoms with Crippen molar-refractivity contribution in [2.24, 2.45) is 0 Å². The number of benzene rings is 1. The molecule has 5 heteroatoms. The minimum absolute atomic E-state index is 0.492. The first-order valence-corrected chi connectivity index (χ1v) is 7.14. The van der Waals surface area contributed by atoms with Gasteiger partial charge in [0, 0.05) is 0 Å². The Morgan fingerprint density at radius 2 is 1.74 bits per heavy atom. The van der Waals surface area contributed by atoms with Gasteiger partial charge in [-0.25, -0.2) is 0 Å². The lowest BCUT2D eigenvalue weighted by molar-refractivity contribution is -0.163. The number of methoxy groups -OCH3 is 2. The Hall–Kier alpha value is -2.82. The molecule has 0 spiro atoms. The number of rotatable bonds is 3. The van der Waals surface area contributed by atoms with Crippen LogP contribution in [-0.4, -0.2) is 26.2 Å². The zero-order chi connectivity index (χ0) is 16.4. The number of hydrogen-bond acceptors (Lipinski definition) is 5. The van der Waals surface area contributed by atoms with E-state index in [1.165, 1.54) is 20.5 Å². The van der Waals surface area contributed by atoms with Gasteiger partial charge in [-0.05, 0) is 23.3 Å². The van der Waals surface area contributed by atoms with Crippen LogP contribution in [0.3, 0.4) is 0 Å². The van der Waals surface area contributed by atoms with Crippen molar-refractivity contribution < 1.29 is 23.5 Å². The van der Waals surface area contributed by atoms with E-state index in [-0.39, 0.29) is 0 Å². The number of furan rings is 1. The fraction of sp³-hybridized carbons (Fsp3) is 0.222. The molecule has 0 N–H and O–H groups in total. The molecule has 0 fully saturated rings. The summed E-state index contributed by atoms with van der Waals surface area (Å²) in [5.41, 5.74) is -0.319. The first-order valence-electron chi connectivity index (χ1n) is 7.14. The van der Waals surface area contributed by atoms with Crippen molar-refractivity contribution in [3.8, 4) is 0 Å². The zero-order valence-corrected chi connectivity index (χ0v) is 12.8. The van der Waals surface area contributed by atoms with Gasteiger partial charge in [-0.2, -0.15) is 0 Å². The molecule has 2 aromatic rings. The molecular formula is C18H16O5. The molecule has 1 atom stereocenters. The van der Waals surface area contributed by atoms with E-state index >= 15 is 0 Å². The summed E-state index contributed by atoms with van der Waals surface area (Å²) in [4.78, 5) is 25.5. The Balaban J connectivity index is 2.33. The number of ether oxygens (including phenoxy) is 2. The fourth-order valence-electron chi connectivity index (χ4n) is 3.17. The van der Waals surface area contributed by atoms with Crippen LogP contribution in [0.2, 0.25) is 0 Å². The molecule has 23 heavy (non-hydrogen) atoms. The Morgan fingerprint density at radius 1 is 1.04 bits per heavy atom. The van der Waals surface area contributed by atoms with Crippen LogP contribution in [0.1, 0.15) is 22.8 Å². The van der Waals surface area contributed by atoms with Crippen LogP contribution in [0.15, 0.2) is 53.2 Å². The number of allylic oxidation sites excluding steroid dienone is 1. The van der Waals surface area contributed by atoms with Gasteiger partial charge in [-0.3, -0.25) is 9.59 Å². The summed E-state index contributed by atoms with van der Waals surface area (Å²) in [5, 5.41) is 0. The second-order valence-corrected chi connectivity index (χ2v) is 5.23. The molecule has 1 unspecified atom stereocenters. The van der Waals surface area contributed by atoms with E-state index in [0.29, 0.717) is 11.3 Å². The van der Waals surface area contributed by atoms with Crippen molar-refractivity contribution in [2.75, 3.05) is 14.2 Å². The third-order valence-electron chi connectivity index (χ3n) is 4.18. The van der Waals surface area contributed by atoms with Crippen LogP contribution in [0.25, 0.3) is 6.08 Å². The summed E-state index contributed by atoms with van der Waals surface area (Å²) in [5.74, 6) is -1.51.